The Bertz CT molecular complexity index is 789. The quantitative estimate of drug-likeness (QED) is 0.622. The number of carbonyl (C=O) groups excluding carboxylic acids is 1. The van der Waals surface area contributed by atoms with Gasteiger partial charge in [-0.3, -0.25) is 4.79 Å². The van der Waals surface area contributed by atoms with Crippen LogP contribution in [0.5, 0.6) is 0 Å². The maximum absolute atomic E-state index is 12.5. The van der Waals surface area contributed by atoms with E-state index in [1.165, 1.54) is 51.0 Å². The van der Waals surface area contributed by atoms with Crippen molar-refractivity contribution in [2.75, 3.05) is 7.11 Å². The minimum Gasteiger partial charge on any atom is -0.402 e. The van der Waals surface area contributed by atoms with Gasteiger partial charge in [-0.25, -0.2) is 0 Å². The second-order valence-corrected chi connectivity index (χ2v) is 12.6. The molecule has 0 aromatic heterocycles. The van der Waals surface area contributed by atoms with E-state index in [2.05, 4.69) is 20.8 Å². The van der Waals surface area contributed by atoms with Crippen LogP contribution in [0.1, 0.15) is 79.1 Å². The Labute approximate surface area is 188 Å². The molecule has 0 radical (unpaired) electrons. The van der Waals surface area contributed by atoms with Gasteiger partial charge < -0.3 is 15.6 Å². The van der Waals surface area contributed by atoms with Crippen LogP contribution in [0.15, 0.2) is 11.8 Å². The SMILES string of the molecule is CO[C@@H]1C[C@H]2[C@@H]3CC[C@H]([C@H](C)[C@@H](O)C(=O)/C=C(/C)N)[C@@]3(C)CC[C@@H]2[C@@]2(C)CC[C@H]3C[C@@]312. The zero-order valence-electron chi connectivity index (χ0n) is 20.2. The Hall–Kier alpha value is -0.870. The molecule has 0 heterocycles. The van der Waals surface area contributed by atoms with Gasteiger partial charge in [0.2, 0.25) is 0 Å². The second kappa shape index (κ2) is 7.06. The lowest BCUT2D eigenvalue weighted by Gasteiger charge is -2.61. The average Bonchev–Trinajstić information content (AvgIpc) is 3.23. The normalized spacial score (nSPS) is 52.5. The first-order valence-electron chi connectivity index (χ1n) is 12.8. The monoisotopic (exact) mass is 429 g/mol. The Balaban J connectivity index is 1.40. The summed E-state index contributed by atoms with van der Waals surface area (Å²) in [5, 5.41) is 10.8. The Kier molecular flexibility index (Phi) is 5.00. The van der Waals surface area contributed by atoms with Crippen LogP contribution < -0.4 is 5.73 Å². The lowest BCUT2D eigenvalue weighted by Crippen LogP contribution is -2.57. The maximum Gasteiger partial charge on any atom is 0.186 e. The molecule has 5 fully saturated rings. The van der Waals surface area contributed by atoms with Crippen LogP contribution in [0.4, 0.5) is 0 Å². The van der Waals surface area contributed by atoms with Crippen LogP contribution >= 0.6 is 0 Å². The molecule has 5 rings (SSSR count). The van der Waals surface area contributed by atoms with Crippen LogP contribution in [-0.4, -0.2) is 30.2 Å². The summed E-state index contributed by atoms with van der Waals surface area (Å²) >= 11 is 0. The molecule has 0 unspecified atom stereocenters. The first kappa shape index (κ1) is 21.9. The number of rotatable bonds is 5. The minimum absolute atomic E-state index is 0.0299. The number of hydrogen-bond acceptors (Lipinski definition) is 4. The van der Waals surface area contributed by atoms with Gasteiger partial charge in [0.05, 0.1) is 6.10 Å². The number of allylic oxidation sites excluding steroid dienone is 1. The van der Waals surface area contributed by atoms with Gasteiger partial charge in [-0.15, -0.1) is 0 Å². The first-order chi connectivity index (χ1) is 14.6. The summed E-state index contributed by atoms with van der Waals surface area (Å²) in [4.78, 5) is 12.5. The maximum atomic E-state index is 12.5. The summed E-state index contributed by atoms with van der Waals surface area (Å²) in [7, 11) is 1.95. The van der Waals surface area contributed by atoms with E-state index in [0.29, 0.717) is 34.5 Å². The molecule has 5 aliphatic rings. The summed E-state index contributed by atoms with van der Waals surface area (Å²) in [6.07, 6.45) is 11.2. The second-order valence-electron chi connectivity index (χ2n) is 12.6. The molecule has 0 aromatic rings. The van der Waals surface area contributed by atoms with Crippen molar-refractivity contribution in [2.45, 2.75) is 91.3 Å². The molecule has 0 aliphatic heterocycles. The highest BCUT2D eigenvalue weighted by Gasteiger charge is 2.77. The van der Waals surface area contributed by atoms with Crippen LogP contribution in [0.2, 0.25) is 0 Å². The van der Waals surface area contributed by atoms with E-state index >= 15 is 0 Å². The molecule has 4 heteroatoms. The topological polar surface area (TPSA) is 72.5 Å². The Morgan fingerprint density at radius 1 is 1.16 bits per heavy atom. The van der Waals surface area contributed by atoms with Gasteiger partial charge in [0.25, 0.3) is 0 Å². The van der Waals surface area contributed by atoms with Gasteiger partial charge in [-0.2, -0.15) is 0 Å². The summed E-state index contributed by atoms with van der Waals surface area (Å²) in [6, 6.07) is 0. The fourth-order valence-corrected chi connectivity index (χ4v) is 10.3. The first-order valence-corrected chi connectivity index (χ1v) is 12.8. The lowest BCUT2D eigenvalue weighted by atomic mass is 9.45. The van der Waals surface area contributed by atoms with Crippen molar-refractivity contribution in [3.8, 4) is 0 Å². The van der Waals surface area contributed by atoms with Gasteiger partial charge in [-0.1, -0.05) is 20.8 Å². The molecule has 0 amide bonds. The van der Waals surface area contributed by atoms with E-state index in [1.807, 2.05) is 7.11 Å². The van der Waals surface area contributed by atoms with E-state index in [9.17, 15) is 9.90 Å². The molecule has 5 saturated carbocycles. The van der Waals surface area contributed by atoms with Crippen LogP contribution in [0.3, 0.4) is 0 Å². The molecule has 3 N–H and O–H groups in total. The van der Waals surface area contributed by atoms with Gasteiger partial charge in [0.15, 0.2) is 5.78 Å². The highest BCUT2D eigenvalue weighted by Crippen LogP contribution is 2.82. The highest BCUT2D eigenvalue weighted by atomic mass is 16.5. The number of nitrogens with two attached hydrogens (primary N) is 1. The number of carbonyl (C=O) groups is 1. The highest BCUT2D eigenvalue weighted by molar-refractivity contribution is 5.94. The van der Waals surface area contributed by atoms with E-state index in [4.69, 9.17) is 10.5 Å². The zero-order chi connectivity index (χ0) is 22.3. The molecule has 4 nitrogen and oxygen atoms in total. The van der Waals surface area contributed by atoms with Crippen LogP contribution in [-0.2, 0) is 9.53 Å². The minimum atomic E-state index is -0.947. The van der Waals surface area contributed by atoms with E-state index in [1.54, 1.807) is 6.92 Å². The third-order valence-electron chi connectivity index (χ3n) is 11.7. The predicted molar refractivity (Wildman–Crippen MR) is 122 cm³/mol. The van der Waals surface area contributed by atoms with E-state index in [0.717, 1.165) is 24.2 Å². The van der Waals surface area contributed by atoms with E-state index in [-0.39, 0.29) is 17.1 Å². The molecule has 31 heavy (non-hydrogen) atoms. The molecule has 11 atom stereocenters. The summed E-state index contributed by atoms with van der Waals surface area (Å²) < 4.78 is 6.22. The Morgan fingerprint density at radius 3 is 2.55 bits per heavy atom. The van der Waals surface area contributed by atoms with Crippen molar-refractivity contribution < 1.29 is 14.6 Å². The van der Waals surface area contributed by atoms with E-state index < -0.39 is 6.10 Å². The third kappa shape index (κ3) is 2.76. The average molecular weight is 430 g/mol. The van der Waals surface area contributed by atoms with Crippen molar-refractivity contribution in [3.05, 3.63) is 11.8 Å². The molecule has 0 bridgehead atoms. The number of fused-ring (bicyclic) bond motifs is 4. The van der Waals surface area contributed by atoms with Gasteiger partial charge in [0.1, 0.15) is 6.10 Å². The van der Waals surface area contributed by atoms with Gasteiger partial charge in [-0.05, 0) is 105 Å². The van der Waals surface area contributed by atoms with Gasteiger partial charge >= 0.3 is 0 Å². The molecule has 0 aromatic carbocycles. The number of ketones is 1. The van der Waals surface area contributed by atoms with Crippen molar-refractivity contribution in [2.24, 2.45) is 57.5 Å². The number of ether oxygens (including phenoxy) is 1. The number of hydrogen-bond donors (Lipinski definition) is 2. The number of aliphatic hydroxyl groups excluding tert-OH is 1. The third-order valence-corrected chi connectivity index (χ3v) is 11.7. The summed E-state index contributed by atoms with van der Waals surface area (Å²) in [5.74, 6) is 3.29. The molecular weight excluding hydrogens is 386 g/mol. The molecule has 5 aliphatic carbocycles. The summed E-state index contributed by atoms with van der Waals surface area (Å²) in [5.41, 5.74) is 7.30. The molecule has 174 valence electrons. The largest absolute Gasteiger partial charge is 0.402 e. The molecule has 1 spiro atoms. The van der Waals surface area contributed by atoms with Gasteiger partial charge in [0, 0.05) is 24.3 Å². The molecular formula is C27H43NO3. The van der Waals surface area contributed by atoms with Crippen molar-refractivity contribution in [3.63, 3.8) is 0 Å². The van der Waals surface area contributed by atoms with Crippen molar-refractivity contribution >= 4 is 5.78 Å². The fourth-order valence-electron chi connectivity index (χ4n) is 10.3. The fraction of sp³-hybridized carbons (Fsp3) is 0.889. The van der Waals surface area contributed by atoms with Crippen molar-refractivity contribution in [1.29, 1.82) is 0 Å². The lowest BCUT2D eigenvalue weighted by molar-refractivity contribution is -0.163. The summed E-state index contributed by atoms with van der Waals surface area (Å²) in [6.45, 7) is 8.89. The Morgan fingerprint density at radius 2 is 1.90 bits per heavy atom. The van der Waals surface area contributed by atoms with Crippen molar-refractivity contribution in [1.82, 2.24) is 0 Å². The smallest absolute Gasteiger partial charge is 0.186 e. The predicted octanol–water partition coefficient (Wildman–Crippen LogP) is 4.70. The zero-order valence-corrected chi connectivity index (χ0v) is 20.2. The number of methoxy groups -OCH3 is 1. The standard InChI is InChI=1S/C27H43NO3/c1-15(28)12-22(29)24(30)16(2)19-6-7-20-18-13-23(31-5)27-14-17(27)8-11-26(27,4)21(18)9-10-25(19,20)3/h12,16-21,23-24,30H,6-11,13-14,28H2,1-5H3/b15-12-/t16-,17-,18-,19+,20-,21-,23+,24+,25+,26+,27+/m0/s1. The number of aliphatic hydroxyl groups is 1. The van der Waals surface area contributed by atoms with Crippen LogP contribution in [0.25, 0.3) is 0 Å². The molecule has 0 saturated heterocycles. The van der Waals surface area contributed by atoms with Crippen LogP contribution in [0, 0.1) is 51.8 Å².